The Morgan fingerprint density at radius 1 is 1.33 bits per heavy atom. The Morgan fingerprint density at radius 3 is 2.72 bits per heavy atom. The molecule has 0 aromatic rings. The SMILES string of the molecule is COCCCCC(=O)NC1CCCCC1CN.Cl. The van der Waals surface area contributed by atoms with E-state index in [9.17, 15) is 4.79 Å². The number of hydrogen-bond donors (Lipinski definition) is 2. The van der Waals surface area contributed by atoms with Gasteiger partial charge in [-0.25, -0.2) is 0 Å². The van der Waals surface area contributed by atoms with Crippen molar-refractivity contribution in [3.05, 3.63) is 0 Å². The van der Waals surface area contributed by atoms with Crippen molar-refractivity contribution in [2.24, 2.45) is 11.7 Å². The molecule has 0 aromatic heterocycles. The van der Waals surface area contributed by atoms with Gasteiger partial charge in [-0.2, -0.15) is 0 Å². The van der Waals surface area contributed by atoms with Crippen LogP contribution < -0.4 is 11.1 Å². The van der Waals surface area contributed by atoms with E-state index < -0.39 is 0 Å². The Kier molecular flexibility index (Phi) is 10.4. The molecule has 3 N–H and O–H groups in total. The van der Waals surface area contributed by atoms with Crippen LogP contribution >= 0.6 is 12.4 Å². The van der Waals surface area contributed by atoms with Crippen LogP contribution in [0.1, 0.15) is 44.9 Å². The van der Waals surface area contributed by atoms with Crippen molar-refractivity contribution < 1.29 is 9.53 Å². The normalized spacial score (nSPS) is 23.2. The summed E-state index contributed by atoms with van der Waals surface area (Å²) in [5.41, 5.74) is 5.74. The highest BCUT2D eigenvalue weighted by atomic mass is 35.5. The highest BCUT2D eigenvalue weighted by molar-refractivity contribution is 5.85. The minimum atomic E-state index is 0. The summed E-state index contributed by atoms with van der Waals surface area (Å²) in [4.78, 5) is 11.7. The first kappa shape index (κ1) is 17.7. The van der Waals surface area contributed by atoms with E-state index >= 15 is 0 Å². The molecule has 0 bridgehead atoms. The maximum Gasteiger partial charge on any atom is 0.220 e. The van der Waals surface area contributed by atoms with Crippen molar-refractivity contribution in [1.82, 2.24) is 5.32 Å². The molecule has 1 saturated carbocycles. The number of methoxy groups -OCH3 is 1. The number of carbonyl (C=O) groups excluding carboxylic acids is 1. The highest BCUT2D eigenvalue weighted by Crippen LogP contribution is 2.23. The van der Waals surface area contributed by atoms with E-state index in [4.69, 9.17) is 10.5 Å². The maximum atomic E-state index is 11.7. The summed E-state index contributed by atoms with van der Waals surface area (Å²) in [6, 6.07) is 0.309. The van der Waals surface area contributed by atoms with E-state index in [2.05, 4.69) is 5.32 Å². The number of hydrogen-bond acceptors (Lipinski definition) is 3. The summed E-state index contributed by atoms with van der Waals surface area (Å²) >= 11 is 0. The first-order valence-corrected chi connectivity index (χ1v) is 6.76. The Balaban J connectivity index is 0.00000289. The van der Waals surface area contributed by atoms with Crippen LogP contribution in [0.5, 0.6) is 0 Å². The van der Waals surface area contributed by atoms with Crippen LogP contribution in [0.3, 0.4) is 0 Å². The number of ether oxygens (including phenoxy) is 1. The van der Waals surface area contributed by atoms with Crippen LogP contribution in [-0.2, 0) is 9.53 Å². The first-order valence-electron chi connectivity index (χ1n) is 6.76. The molecule has 2 atom stereocenters. The predicted octanol–water partition coefficient (Wildman–Crippen LogP) is 1.86. The zero-order valence-electron chi connectivity index (χ0n) is 11.3. The van der Waals surface area contributed by atoms with Gasteiger partial charge in [0.2, 0.25) is 5.91 Å². The largest absolute Gasteiger partial charge is 0.385 e. The summed E-state index contributed by atoms with van der Waals surface area (Å²) < 4.78 is 4.96. The molecule has 0 aromatic carbocycles. The molecule has 18 heavy (non-hydrogen) atoms. The van der Waals surface area contributed by atoms with Gasteiger partial charge in [0.1, 0.15) is 0 Å². The number of nitrogens with one attached hydrogen (secondary N) is 1. The molecule has 1 amide bonds. The second-order valence-corrected chi connectivity index (χ2v) is 4.90. The average Bonchev–Trinajstić information content (AvgIpc) is 2.35. The third kappa shape index (κ3) is 6.57. The number of unbranched alkanes of at least 4 members (excludes halogenated alkanes) is 1. The molecule has 0 aliphatic heterocycles. The van der Waals surface area contributed by atoms with Crippen LogP contribution in [-0.4, -0.2) is 32.2 Å². The van der Waals surface area contributed by atoms with Gasteiger partial charge in [-0.3, -0.25) is 4.79 Å². The average molecular weight is 279 g/mol. The van der Waals surface area contributed by atoms with Gasteiger partial charge >= 0.3 is 0 Å². The summed E-state index contributed by atoms with van der Waals surface area (Å²) in [7, 11) is 1.69. The fraction of sp³-hybridized carbons (Fsp3) is 0.923. The van der Waals surface area contributed by atoms with E-state index in [0.29, 0.717) is 24.9 Å². The standard InChI is InChI=1S/C13H26N2O2.ClH/c1-17-9-5-4-8-13(16)15-12-7-3-2-6-11(12)10-14;/h11-12H,2-10,14H2,1H3,(H,15,16);1H. The molecule has 0 spiro atoms. The fourth-order valence-corrected chi connectivity index (χ4v) is 2.49. The minimum Gasteiger partial charge on any atom is -0.385 e. The van der Waals surface area contributed by atoms with Gasteiger partial charge < -0.3 is 15.8 Å². The van der Waals surface area contributed by atoms with Gasteiger partial charge in [-0.1, -0.05) is 12.8 Å². The van der Waals surface area contributed by atoms with Crippen molar-refractivity contribution in [3.8, 4) is 0 Å². The van der Waals surface area contributed by atoms with Crippen molar-refractivity contribution in [2.75, 3.05) is 20.3 Å². The first-order chi connectivity index (χ1) is 8.27. The molecule has 1 aliphatic rings. The molecule has 4 nitrogen and oxygen atoms in total. The Morgan fingerprint density at radius 2 is 2.06 bits per heavy atom. The third-order valence-corrected chi connectivity index (χ3v) is 3.56. The molecule has 1 aliphatic carbocycles. The number of halogens is 1. The summed E-state index contributed by atoms with van der Waals surface area (Å²) in [5, 5.41) is 3.14. The number of rotatable bonds is 7. The fourth-order valence-electron chi connectivity index (χ4n) is 2.49. The zero-order valence-corrected chi connectivity index (χ0v) is 12.1. The van der Waals surface area contributed by atoms with Gasteiger partial charge in [0.25, 0.3) is 0 Å². The van der Waals surface area contributed by atoms with Crippen molar-refractivity contribution in [1.29, 1.82) is 0 Å². The Bertz CT molecular complexity index is 227. The lowest BCUT2D eigenvalue weighted by atomic mass is 9.84. The van der Waals surface area contributed by atoms with E-state index in [-0.39, 0.29) is 18.3 Å². The Hall–Kier alpha value is -0.320. The smallest absolute Gasteiger partial charge is 0.220 e. The van der Waals surface area contributed by atoms with E-state index in [0.717, 1.165) is 32.3 Å². The monoisotopic (exact) mass is 278 g/mol. The lowest BCUT2D eigenvalue weighted by Gasteiger charge is -2.31. The second-order valence-electron chi connectivity index (χ2n) is 4.90. The predicted molar refractivity (Wildman–Crippen MR) is 75.9 cm³/mol. The molecule has 1 fully saturated rings. The van der Waals surface area contributed by atoms with Crippen LogP contribution in [0.2, 0.25) is 0 Å². The van der Waals surface area contributed by atoms with E-state index in [1.165, 1.54) is 12.8 Å². The molecule has 5 heteroatoms. The van der Waals surface area contributed by atoms with E-state index in [1.807, 2.05) is 0 Å². The number of carbonyl (C=O) groups is 1. The molecule has 2 unspecified atom stereocenters. The van der Waals surface area contributed by atoms with Crippen molar-refractivity contribution in [3.63, 3.8) is 0 Å². The quantitative estimate of drug-likeness (QED) is 0.699. The van der Waals surface area contributed by atoms with Crippen molar-refractivity contribution >= 4 is 18.3 Å². The maximum absolute atomic E-state index is 11.7. The molecule has 1 rings (SSSR count). The topological polar surface area (TPSA) is 64.3 Å². The Labute approximate surface area is 116 Å². The highest BCUT2D eigenvalue weighted by Gasteiger charge is 2.24. The summed E-state index contributed by atoms with van der Waals surface area (Å²) in [6.45, 7) is 1.43. The zero-order chi connectivity index (χ0) is 12.5. The van der Waals surface area contributed by atoms with Crippen LogP contribution in [0.4, 0.5) is 0 Å². The molecule has 0 saturated heterocycles. The van der Waals surface area contributed by atoms with Gasteiger partial charge in [0.15, 0.2) is 0 Å². The lowest BCUT2D eigenvalue weighted by molar-refractivity contribution is -0.122. The molecular weight excluding hydrogens is 252 g/mol. The van der Waals surface area contributed by atoms with Crippen LogP contribution in [0, 0.1) is 5.92 Å². The molecule has 0 radical (unpaired) electrons. The molecule has 108 valence electrons. The van der Waals surface area contributed by atoms with Gasteiger partial charge in [0, 0.05) is 26.2 Å². The summed E-state index contributed by atoms with van der Waals surface area (Å²) in [5.74, 6) is 0.651. The molecule has 0 heterocycles. The number of amides is 1. The second kappa shape index (κ2) is 10.6. The van der Waals surface area contributed by atoms with Gasteiger partial charge in [-0.15, -0.1) is 12.4 Å². The summed E-state index contributed by atoms with van der Waals surface area (Å²) in [6.07, 6.45) is 7.18. The van der Waals surface area contributed by atoms with Gasteiger partial charge in [0.05, 0.1) is 0 Å². The van der Waals surface area contributed by atoms with Crippen molar-refractivity contribution in [2.45, 2.75) is 51.0 Å². The lowest BCUT2D eigenvalue weighted by Crippen LogP contribution is -2.44. The van der Waals surface area contributed by atoms with Crippen LogP contribution in [0.15, 0.2) is 0 Å². The number of nitrogens with two attached hydrogens (primary N) is 1. The minimum absolute atomic E-state index is 0. The van der Waals surface area contributed by atoms with Crippen LogP contribution in [0.25, 0.3) is 0 Å². The van der Waals surface area contributed by atoms with Gasteiger partial charge in [-0.05, 0) is 38.1 Å². The molecular formula is C13H27ClN2O2. The van der Waals surface area contributed by atoms with E-state index in [1.54, 1.807) is 7.11 Å². The third-order valence-electron chi connectivity index (χ3n) is 3.56.